The molecule has 0 amide bonds. The normalized spacial score (nSPS) is 10.7. The molecule has 3 aromatic rings. The summed E-state index contributed by atoms with van der Waals surface area (Å²) < 4.78 is 0. The molecule has 0 heterocycles. The maximum atomic E-state index is 6.86. The van der Waals surface area contributed by atoms with E-state index in [4.69, 9.17) is 5.73 Å². The molecule has 3 aromatic carbocycles. The van der Waals surface area contributed by atoms with Gasteiger partial charge in [-0.2, -0.15) is 0 Å². The lowest BCUT2D eigenvalue weighted by molar-refractivity contribution is 0.653. The molecule has 0 fully saturated rings. The van der Waals surface area contributed by atoms with Crippen molar-refractivity contribution in [3.63, 3.8) is 0 Å². The molecular formula is C19H18BrN. The van der Waals surface area contributed by atoms with Crippen molar-refractivity contribution < 1.29 is 0 Å². The van der Waals surface area contributed by atoms with Crippen molar-refractivity contribution in [3.05, 3.63) is 108 Å². The van der Waals surface area contributed by atoms with Gasteiger partial charge in [-0.3, -0.25) is 0 Å². The van der Waals surface area contributed by atoms with Crippen molar-refractivity contribution in [3.8, 4) is 0 Å². The first-order chi connectivity index (χ1) is 9.82. The minimum atomic E-state index is -0.621. The topological polar surface area (TPSA) is 26.0 Å². The molecule has 3 rings (SSSR count). The van der Waals surface area contributed by atoms with E-state index >= 15 is 0 Å². The third-order valence-electron chi connectivity index (χ3n) is 3.69. The molecule has 0 saturated carbocycles. The van der Waals surface area contributed by atoms with Gasteiger partial charge in [-0.25, -0.2) is 0 Å². The summed E-state index contributed by atoms with van der Waals surface area (Å²) in [6.45, 7) is 0. The molecule has 0 bridgehead atoms. The maximum absolute atomic E-state index is 6.86. The van der Waals surface area contributed by atoms with Crippen LogP contribution in [0.25, 0.3) is 0 Å². The van der Waals surface area contributed by atoms with Gasteiger partial charge in [0.05, 0.1) is 5.54 Å². The van der Waals surface area contributed by atoms with Crippen LogP contribution >= 0.6 is 17.0 Å². The number of rotatable bonds is 3. The molecular weight excluding hydrogens is 322 g/mol. The Labute approximate surface area is 136 Å². The van der Waals surface area contributed by atoms with Gasteiger partial charge in [0, 0.05) is 0 Å². The average Bonchev–Trinajstić information content (AvgIpc) is 2.56. The second-order valence-corrected chi connectivity index (χ2v) is 4.91. The molecule has 106 valence electrons. The second kappa shape index (κ2) is 6.70. The van der Waals surface area contributed by atoms with Gasteiger partial charge in [0.15, 0.2) is 0 Å². The van der Waals surface area contributed by atoms with Gasteiger partial charge in [-0.1, -0.05) is 91.0 Å². The van der Waals surface area contributed by atoms with Crippen LogP contribution in [0, 0.1) is 0 Å². The monoisotopic (exact) mass is 339 g/mol. The fourth-order valence-electron chi connectivity index (χ4n) is 2.60. The lowest BCUT2D eigenvalue weighted by atomic mass is 9.78. The van der Waals surface area contributed by atoms with Crippen LogP contribution in [0.5, 0.6) is 0 Å². The highest BCUT2D eigenvalue weighted by molar-refractivity contribution is 8.93. The van der Waals surface area contributed by atoms with Crippen LogP contribution in [0.15, 0.2) is 91.0 Å². The van der Waals surface area contributed by atoms with E-state index in [-0.39, 0.29) is 17.0 Å². The summed E-state index contributed by atoms with van der Waals surface area (Å²) >= 11 is 0. The average molecular weight is 340 g/mol. The molecule has 0 saturated heterocycles. The largest absolute Gasteiger partial charge is 0.314 e. The number of halogens is 1. The molecule has 0 unspecified atom stereocenters. The van der Waals surface area contributed by atoms with Crippen molar-refractivity contribution in [2.24, 2.45) is 5.73 Å². The summed E-state index contributed by atoms with van der Waals surface area (Å²) in [6, 6.07) is 30.7. The van der Waals surface area contributed by atoms with Gasteiger partial charge in [0.25, 0.3) is 0 Å². The molecule has 2 heteroatoms. The Bertz CT molecular complexity index is 569. The highest BCUT2D eigenvalue weighted by Gasteiger charge is 2.31. The molecule has 2 N–H and O–H groups in total. The van der Waals surface area contributed by atoms with E-state index in [1.54, 1.807) is 0 Å². The van der Waals surface area contributed by atoms with Gasteiger partial charge >= 0.3 is 0 Å². The Morgan fingerprint density at radius 3 is 0.952 bits per heavy atom. The summed E-state index contributed by atoms with van der Waals surface area (Å²) in [5, 5.41) is 0. The zero-order valence-electron chi connectivity index (χ0n) is 11.6. The molecule has 0 aliphatic carbocycles. The van der Waals surface area contributed by atoms with E-state index in [2.05, 4.69) is 36.4 Å². The van der Waals surface area contributed by atoms with Crippen molar-refractivity contribution in [1.82, 2.24) is 0 Å². The van der Waals surface area contributed by atoms with Crippen LogP contribution < -0.4 is 5.73 Å². The SMILES string of the molecule is Br.NC(c1ccccc1)(c1ccccc1)c1ccccc1. The highest BCUT2D eigenvalue weighted by atomic mass is 79.9. The third-order valence-corrected chi connectivity index (χ3v) is 3.69. The van der Waals surface area contributed by atoms with Gasteiger partial charge in [0.1, 0.15) is 0 Å². The van der Waals surface area contributed by atoms with Crippen LogP contribution in [0.3, 0.4) is 0 Å². The van der Waals surface area contributed by atoms with Crippen LogP contribution in [-0.2, 0) is 5.54 Å². The molecule has 0 aromatic heterocycles. The summed E-state index contributed by atoms with van der Waals surface area (Å²) in [6.07, 6.45) is 0. The predicted molar refractivity (Wildman–Crippen MR) is 93.7 cm³/mol. The van der Waals surface area contributed by atoms with E-state index in [0.717, 1.165) is 16.7 Å². The number of nitrogens with two attached hydrogens (primary N) is 1. The molecule has 1 nitrogen and oxygen atoms in total. The predicted octanol–water partition coefficient (Wildman–Crippen LogP) is 4.52. The van der Waals surface area contributed by atoms with Crippen molar-refractivity contribution in [1.29, 1.82) is 0 Å². The Morgan fingerprint density at radius 1 is 0.476 bits per heavy atom. The summed E-state index contributed by atoms with van der Waals surface area (Å²) in [5.41, 5.74) is 9.53. The first-order valence-electron chi connectivity index (χ1n) is 6.77. The number of hydrogen-bond acceptors (Lipinski definition) is 1. The van der Waals surface area contributed by atoms with Crippen LogP contribution in [0.2, 0.25) is 0 Å². The molecule has 0 atom stereocenters. The lowest BCUT2D eigenvalue weighted by Crippen LogP contribution is -2.39. The fraction of sp³-hybridized carbons (Fsp3) is 0.0526. The second-order valence-electron chi connectivity index (χ2n) is 4.91. The minimum absolute atomic E-state index is 0. The van der Waals surface area contributed by atoms with E-state index in [9.17, 15) is 0 Å². The summed E-state index contributed by atoms with van der Waals surface area (Å²) in [5.74, 6) is 0. The molecule has 0 spiro atoms. The van der Waals surface area contributed by atoms with E-state index in [1.165, 1.54) is 0 Å². The van der Waals surface area contributed by atoms with Gasteiger partial charge in [-0.05, 0) is 16.7 Å². The first-order valence-corrected chi connectivity index (χ1v) is 6.77. The van der Waals surface area contributed by atoms with Gasteiger partial charge in [-0.15, -0.1) is 17.0 Å². The van der Waals surface area contributed by atoms with Crippen LogP contribution in [0.1, 0.15) is 16.7 Å². The Hall–Kier alpha value is -1.90. The third kappa shape index (κ3) is 2.92. The Morgan fingerprint density at radius 2 is 0.714 bits per heavy atom. The van der Waals surface area contributed by atoms with Crippen molar-refractivity contribution in [2.45, 2.75) is 5.54 Å². The van der Waals surface area contributed by atoms with E-state index in [0.29, 0.717) is 0 Å². The van der Waals surface area contributed by atoms with Crippen LogP contribution in [0.4, 0.5) is 0 Å². The van der Waals surface area contributed by atoms with Gasteiger partial charge < -0.3 is 5.73 Å². The quantitative estimate of drug-likeness (QED) is 0.697. The first kappa shape index (κ1) is 15.5. The highest BCUT2D eigenvalue weighted by Crippen LogP contribution is 2.33. The Kier molecular flexibility index (Phi) is 4.94. The van der Waals surface area contributed by atoms with Crippen molar-refractivity contribution >= 4 is 17.0 Å². The van der Waals surface area contributed by atoms with E-state index < -0.39 is 5.54 Å². The van der Waals surface area contributed by atoms with Crippen molar-refractivity contribution in [2.75, 3.05) is 0 Å². The van der Waals surface area contributed by atoms with Gasteiger partial charge in [0.2, 0.25) is 0 Å². The number of benzene rings is 3. The zero-order valence-corrected chi connectivity index (χ0v) is 13.4. The van der Waals surface area contributed by atoms with Crippen LogP contribution in [-0.4, -0.2) is 0 Å². The standard InChI is InChI=1S/C19H17N.BrH/c20-19(16-10-4-1-5-11-16,17-12-6-2-7-13-17)18-14-8-3-9-15-18;/h1-15H,20H2;1H. The molecule has 21 heavy (non-hydrogen) atoms. The molecule has 0 aliphatic rings. The summed E-state index contributed by atoms with van der Waals surface area (Å²) in [4.78, 5) is 0. The fourth-order valence-corrected chi connectivity index (χ4v) is 2.60. The van der Waals surface area contributed by atoms with E-state index in [1.807, 2.05) is 54.6 Å². The molecule has 0 aliphatic heterocycles. The minimum Gasteiger partial charge on any atom is -0.314 e. The lowest BCUT2D eigenvalue weighted by Gasteiger charge is -2.31. The molecule has 0 radical (unpaired) electrons. The smallest absolute Gasteiger partial charge is 0.0922 e. The zero-order chi connectivity index (χ0) is 13.8. The summed E-state index contributed by atoms with van der Waals surface area (Å²) in [7, 11) is 0. The maximum Gasteiger partial charge on any atom is 0.0922 e. The number of hydrogen-bond donors (Lipinski definition) is 1. The Balaban J connectivity index is 0.00000161.